The van der Waals surface area contributed by atoms with Gasteiger partial charge in [-0.3, -0.25) is 0 Å². The van der Waals surface area contributed by atoms with Crippen molar-refractivity contribution in [3.63, 3.8) is 0 Å². The van der Waals surface area contributed by atoms with Gasteiger partial charge in [0.15, 0.2) is 0 Å². The van der Waals surface area contributed by atoms with Crippen LogP contribution in [0.15, 0.2) is 48.5 Å². The molecule has 0 bridgehead atoms. The summed E-state index contributed by atoms with van der Waals surface area (Å²) in [5, 5.41) is 2.66. The smallest absolute Gasteiger partial charge is 1.00 e. The Balaban J connectivity index is 0.00000162. The van der Waals surface area contributed by atoms with E-state index in [4.69, 9.17) is 23.2 Å². The average Bonchev–Trinajstić information content (AvgIpc) is 2.40. The summed E-state index contributed by atoms with van der Waals surface area (Å²) in [5.41, 5.74) is 2.33. The molecule has 0 amide bonds. The van der Waals surface area contributed by atoms with Crippen LogP contribution in [0.2, 0.25) is 0 Å². The predicted molar refractivity (Wildman–Crippen MR) is 80.7 cm³/mol. The Hall–Kier alpha value is 0.450. The number of hydrogen-bond donors (Lipinski definition) is 0. The SMILES string of the molecule is ClCc1ccc(Pc2ccc(CCl)cc2)cc1.[H-].[Na+]. The zero-order valence-electron chi connectivity index (χ0n) is 11.3. The second-order valence-corrected chi connectivity index (χ2v) is 5.73. The molecule has 0 aliphatic carbocycles. The van der Waals surface area contributed by atoms with E-state index in [0.29, 0.717) is 20.3 Å². The molecule has 18 heavy (non-hydrogen) atoms. The summed E-state index contributed by atoms with van der Waals surface area (Å²) >= 11 is 11.5. The monoisotopic (exact) mass is 306 g/mol. The van der Waals surface area contributed by atoms with Gasteiger partial charge in [0, 0.05) is 11.8 Å². The third-order valence-corrected chi connectivity index (χ3v) is 4.37. The normalized spacial score (nSPS) is 9.89. The van der Waals surface area contributed by atoms with E-state index in [-0.39, 0.29) is 31.0 Å². The minimum Gasteiger partial charge on any atom is -1.00 e. The molecular formula is C14H14Cl2NaP. The molecule has 4 heteroatoms. The van der Waals surface area contributed by atoms with Gasteiger partial charge in [0.1, 0.15) is 0 Å². The second-order valence-electron chi connectivity index (χ2n) is 3.79. The molecule has 0 saturated carbocycles. The molecule has 0 aliphatic heterocycles. The van der Waals surface area contributed by atoms with E-state index in [1.807, 2.05) is 0 Å². The van der Waals surface area contributed by atoms with Gasteiger partial charge in [-0.2, -0.15) is 0 Å². The third kappa shape index (κ3) is 4.85. The zero-order chi connectivity index (χ0) is 12.1. The van der Waals surface area contributed by atoms with Crippen LogP contribution in [0.25, 0.3) is 0 Å². The minimum atomic E-state index is 0. The van der Waals surface area contributed by atoms with E-state index in [1.54, 1.807) is 0 Å². The summed E-state index contributed by atoms with van der Waals surface area (Å²) < 4.78 is 0. The standard InChI is InChI=1S/C14H13Cl2P.Na.H/c15-9-11-1-5-13(6-2-11)17-14-7-3-12(10-16)4-8-14;;/h1-8,17H,9-10H2;;/q;+1;-1. The van der Waals surface area contributed by atoms with Gasteiger partial charge in [-0.1, -0.05) is 57.1 Å². The van der Waals surface area contributed by atoms with Crippen molar-refractivity contribution in [1.29, 1.82) is 0 Å². The van der Waals surface area contributed by atoms with E-state index in [2.05, 4.69) is 48.5 Å². The number of hydrogen-bond acceptors (Lipinski definition) is 0. The number of benzene rings is 2. The Morgan fingerprint density at radius 1 is 0.722 bits per heavy atom. The minimum absolute atomic E-state index is 0. The van der Waals surface area contributed by atoms with E-state index in [1.165, 1.54) is 10.6 Å². The molecule has 0 aromatic heterocycles. The van der Waals surface area contributed by atoms with E-state index in [9.17, 15) is 0 Å². The molecule has 0 aliphatic rings. The quantitative estimate of drug-likeness (QED) is 0.447. The Morgan fingerprint density at radius 2 is 1.06 bits per heavy atom. The van der Waals surface area contributed by atoms with Gasteiger partial charge in [0.25, 0.3) is 0 Å². The van der Waals surface area contributed by atoms with Crippen LogP contribution in [0.1, 0.15) is 12.6 Å². The van der Waals surface area contributed by atoms with Crippen LogP contribution < -0.4 is 40.2 Å². The Kier molecular flexibility index (Phi) is 7.87. The molecule has 0 heterocycles. The van der Waals surface area contributed by atoms with Crippen molar-refractivity contribution in [2.45, 2.75) is 11.8 Å². The van der Waals surface area contributed by atoms with Crippen LogP contribution in [0.4, 0.5) is 0 Å². The fourth-order valence-corrected chi connectivity index (χ4v) is 2.88. The van der Waals surface area contributed by atoms with Gasteiger partial charge in [-0.25, -0.2) is 0 Å². The molecule has 90 valence electrons. The van der Waals surface area contributed by atoms with Crippen LogP contribution in [-0.4, -0.2) is 0 Å². The first-order chi connectivity index (χ1) is 8.31. The molecule has 0 spiro atoms. The molecule has 0 nitrogen and oxygen atoms in total. The predicted octanol–water partition coefficient (Wildman–Crippen LogP) is 0.910. The molecule has 0 fully saturated rings. The molecule has 0 radical (unpaired) electrons. The van der Waals surface area contributed by atoms with Crippen molar-refractivity contribution in [2.24, 2.45) is 0 Å². The molecule has 0 atom stereocenters. The van der Waals surface area contributed by atoms with Crippen LogP contribution in [0.3, 0.4) is 0 Å². The summed E-state index contributed by atoms with van der Waals surface area (Å²) in [6.45, 7) is 0. The van der Waals surface area contributed by atoms with Crippen molar-refractivity contribution >= 4 is 42.4 Å². The van der Waals surface area contributed by atoms with Crippen molar-refractivity contribution in [3.05, 3.63) is 59.7 Å². The first-order valence-corrected chi connectivity index (χ1v) is 7.45. The number of alkyl halides is 2. The first-order valence-electron chi connectivity index (χ1n) is 5.38. The van der Waals surface area contributed by atoms with Crippen molar-refractivity contribution in [2.75, 3.05) is 0 Å². The molecule has 0 saturated heterocycles. The summed E-state index contributed by atoms with van der Waals surface area (Å²) in [6.07, 6.45) is 0. The maximum atomic E-state index is 5.76. The number of halogens is 2. The Morgan fingerprint density at radius 3 is 1.33 bits per heavy atom. The Bertz CT molecular complexity index is 428. The van der Waals surface area contributed by atoms with Crippen LogP contribution in [0.5, 0.6) is 0 Å². The number of rotatable bonds is 4. The molecule has 0 N–H and O–H groups in total. The van der Waals surface area contributed by atoms with E-state index in [0.717, 1.165) is 11.1 Å². The summed E-state index contributed by atoms with van der Waals surface area (Å²) in [5.74, 6) is 1.15. The first kappa shape index (κ1) is 16.5. The van der Waals surface area contributed by atoms with Gasteiger partial charge < -0.3 is 1.43 Å². The molecule has 2 aromatic rings. The maximum absolute atomic E-state index is 5.76. The van der Waals surface area contributed by atoms with Crippen molar-refractivity contribution < 1.29 is 31.0 Å². The Labute approximate surface area is 144 Å². The zero-order valence-corrected chi connectivity index (χ0v) is 14.8. The summed E-state index contributed by atoms with van der Waals surface area (Å²) in [7, 11) is 0.686. The molecular weight excluding hydrogens is 293 g/mol. The molecule has 2 rings (SSSR count). The average molecular weight is 307 g/mol. The van der Waals surface area contributed by atoms with Gasteiger partial charge in [-0.15, -0.1) is 23.2 Å². The molecule has 0 unspecified atom stereocenters. The van der Waals surface area contributed by atoms with E-state index < -0.39 is 0 Å². The summed E-state index contributed by atoms with van der Waals surface area (Å²) in [6, 6.07) is 16.9. The van der Waals surface area contributed by atoms with Crippen molar-refractivity contribution in [3.8, 4) is 0 Å². The van der Waals surface area contributed by atoms with Gasteiger partial charge in [0.2, 0.25) is 0 Å². The third-order valence-electron chi connectivity index (χ3n) is 2.51. The largest absolute Gasteiger partial charge is 1.00 e. The van der Waals surface area contributed by atoms with Gasteiger partial charge in [-0.05, 0) is 21.7 Å². The van der Waals surface area contributed by atoms with Crippen LogP contribution in [-0.2, 0) is 11.8 Å². The van der Waals surface area contributed by atoms with Crippen LogP contribution in [0, 0.1) is 0 Å². The second kappa shape index (κ2) is 8.59. The topological polar surface area (TPSA) is 0 Å². The van der Waals surface area contributed by atoms with Gasteiger partial charge >= 0.3 is 29.6 Å². The summed E-state index contributed by atoms with van der Waals surface area (Å²) in [4.78, 5) is 0. The molecule has 2 aromatic carbocycles. The van der Waals surface area contributed by atoms with Gasteiger partial charge in [0.05, 0.1) is 0 Å². The fraction of sp³-hybridized carbons (Fsp3) is 0.143. The van der Waals surface area contributed by atoms with Crippen LogP contribution >= 0.6 is 31.8 Å². The van der Waals surface area contributed by atoms with E-state index >= 15 is 0 Å². The maximum Gasteiger partial charge on any atom is 1.00 e. The fourth-order valence-electron chi connectivity index (χ4n) is 1.52. The van der Waals surface area contributed by atoms with Crippen molar-refractivity contribution in [1.82, 2.24) is 0 Å².